The highest BCUT2D eigenvalue weighted by molar-refractivity contribution is 5.74. The number of nitrogens with two attached hydrogens (primary N) is 1. The van der Waals surface area contributed by atoms with Crippen LogP contribution < -0.4 is 11.1 Å². The number of nitrogens with zero attached hydrogens (tertiary/aromatic N) is 1. The monoisotopic (exact) mass is 201 g/mol. The second-order valence-corrected chi connectivity index (χ2v) is 3.73. The molecule has 0 aliphatic carbocycles. The smallest absolute Gasteiger partial charge is 0.317 e. The molecule has 0 aromatic carbocycles. The van der Waals surface area contributed by atoms with Gasteiger partial charge in [-0.25, -0.2) is 4.79 Å². The second-order valence-electron chi connectivity index (χ2n) is 3.73. The average molecular weight is 201 g/mol. The number of nitrogens with one attached hydrogen (secondary N) is 1. The number of hydrogen-bond donors (Lipinski definition) is 2. The number of hydrogen-bond acceptors (Lipinski definition) is 2. The average Bonchev–Trinajstić information content (AvgIpc) is 2.10. The van der Waals surface area contributed by atoms with E-state index < -0.39 is 0 Å². The first-order valence-electron chi connectivity index (χ1n) is 5.37. The first-order chi connectivity index (χ1) is 6.61. The predicted octanol–water partition coefficient (Wildman–Crippen LogP) is 1.17. The summed E-state index contributed by atoms with van der Waals surface area (Å²) in [6.45, 7) is 8.19. The summed E-state index contributed by atoms with van der Waals surface area (Å²) >= 11 is 0. The van der Waals surface area contributed by atoms with Gasteiger partial charge in [-0.1, -0.05) is 6.92 Å². The Morgan fingerprint density at radius 3 is 2.50 bits per heavy atom. The highest BCUT2D eigenvalue weighted by Gasteiger charge is 2.11. The van der Waals surface area contributed by atoms with Crippen molar-refractivity contribution in [1.82, 2.24) is 10.2 Å². The number of carbonyl (C=O) groups is 1. The van der Waals surface area contributed by atoms with Crippen LogP contribution in [0.1, 0.15) is 33.6 Å². The van der Waals surface area contributed by atoms with E-state index in [-0.39, 0.29) is 12.1 Å². The van der Waals surface area contributed by atoms with Crippen LogP contribution in [0.4, 0.5) is 4.79 Å². The minimum atomic E-state index is 0.0234. The lowest BCUT2D eigenvalue weighted by molar-refractivity contribution is 0.195. The Balaban J connectivity index is 3.97. The summed E-state index contributed by atoms with van der Waals surface area (Å²) in [6, 6.07) is 0.218. The van der Waals surface area contributed by atoms with Crippen LogP contribution in [0.5, 0.6) is 0 Å². The zero-order valence-corrected chi connectivity index (χ0v) is 9.55. The molecule has 0 unspecified atom stereocenters. The third kappa shape index (κ3) is 5.80. The molecule has 0 fully saturated rings. The Morgan fingerprint density at radius 2 is 2.07 bits per heavy atom. The molecule has 0 spiro atoms. The molecule has 0 saturated heterocycles. The van der Waals surface area contributed by atoms with Gasteiger partial charge in [0.25, 0.3) is 0 Å². The lowest BCUT2D eigenvalue weighted by atomic mass is 10.3. The van der Waals surface area contributed by atoms with Crippen molar-refractivity contribution in [3.05, 3.63) is 0 Å². The van der Waals surface area contributed by atoms with E-state index in [0.29, 0.717) is 6.54 Å². The number of carbonyl (C=O) groups excluding carboxylic acids is 1. The molecule has 14 heavy (non-hydrogen) atoms. The number of urea groups is 1. The van der Waals surface area contributed by atoms with Crippen LogP contribution in [-0.2, 0) is 0 Å². The summed E-state index contributed by atoms with van der Waals surface area (Å²) in [5.41, 5.74) is 5.42. The van der Waals surface area contributed by atoms with Crippen LogP contribution in [0.15, 0.2) is 0 Å². The molecule has 2 amide bonds. The van der Waals surface area contributed by atoms with Crippen LogP contribution >= 0.6 is 0 Å². The first-order valence-corrected chi connectivity index (χ1v) is 5.37. The van der Waals surface area contributed by atoms with Crippen molar-refractivity contribution >= 4 is 6.03 Å². The van der Waals surface area contributed by atoms with Gasteiger partial charge in [-0.2, -0.15) is 0 Å². The summed E-state index contributed by atoms with van der Waals surface area (Å²) in [7, 11) is 0. The van der Waals surface area contributed by atoms with E-state index in [1.165, 1.54) is 0 Å². The van der Waals surface area contributed by atoms with E-state index in [1.54, 1.807) is 0 Å². The maximum Gasteiger partial charge on any atom is 0.317 e. The topological polar surface area (TPSA) is 58.4 Å². The first kappa shape index (κ1) is 13.2. The SMILES string of the molecule is CCCN(CCCN)C(=O)NC(C)C. The van der Waals surface area contributed by atoms with Crippen molar-refractivity contribution in [2.75, 3.05) is 19.6 Å². The standard InChI is InChI=1S/C10H23N3O/c1-4-7-13(8-5-6-11)10(14)12-9(2)3/h9H,4-8,11H2,1-3H3,(H,12,14). The van der Waals surface area contributed by atoms with Gasteiger partial charge >= 0.3 is 6.03 Å². The molecule has 84 valence electrons. The summed E-state index contributed by atoms with van der Waals surface area (Å²) in [5, 5.41) is 2.88. The van der Waals surface area contributed by atoms with Gasteiger partial charge < -0.3 is 16.0 Å². The van der Waals surface area contributed by atoms with E-state index in [2.05, 4.69) is 12.2 Å². The molecular formula is C10H23N3O. The maximum atomic E-state index is 11.6. The van der Waals surface area contributed by atoms with E-state index >= 15 is 0 Å². The molecule has 0 bridgehead atoms. The summed E-state index contributed by atoms with van der Waals surface area (Å²) < 4.78 is 0. The van der Waals surface area contributed by atoms with Crippen LogP contribution in [-0.4, -0.2) is 36.6 Å². The van der Waals surface area contributed by atoms with Gasteiger partial charge in [0.05, 0.1) is 0 Å². The van der Waals surface area contributed by atoms with Crippen molar-refractivity contribution in [3.63, 3.8) is 0 Å². The molecule has 0 rings (SSSR count). The van der Waals surface area contributed by atoms with Gasteiger partial charge in [-0.05, 0) is 33.2 Å². The Bertz CT molecular complexity index is 159. The van der Waals surface area contributed by atoms with Crippen LogP contribution in [0.25, 0.3) is 0 Å². The summed E-state index contributed by atoms with van der Waals surface area (Å²) in [4.78, 5) is 13.4. The predicted molar refractivity (Wildman–Crippen MR) is 59.2 cm³/mol. The van der Waals surface area contributed by atoms with Crippen molar-refractivity contribution < 1.29 is 4.79 Å². The van der Waals surface area contributed by atoms with Gasteiger partial charge in [0.15, 0.2) is 0 Å². The van der Waals surface area contributed by atoms with Crippen LogP contribution in [0.3, 0.4) is 0 Å². The van der Waals surface area contributed by atoms with Crippen molar-refractivity contribution in [2.24, 2.45) is 5.73 Å². The van der Waals surface area contributed by atoms with E-state index in [1.807, 2.05) is 18.7 Å². The summed E-state index contributed by atoms with van der Waals surface area (Å²) in [6.07, 6.45) is 1.85. The number of amides is 2. The van der Waals surface area contributed by atoms with Gasteiger partial charge in [0.1, 0.15) is 0 Å². The van der Waals surface area contributed by atoms with E-state index in [4.69, 9.17) is 5.73 Å². The van der Waals surface area contributed by atoms with Gasteiger partial charge in [-0.3, -0.25) is 0 Å². The van der Waals surface area contributed by atoms with Crippen molar-refractivity contribution in [3.8, 4) is 0 Å². The molecular weight excluding hydrogens is 178 g/mol. The fourth-order valence-electron chi connectivity index (χ4n) is 1.21. The quantitative estimate of drug-likeness (QED) is 0.677. The van der Waals surface area contributed by atoms with Gasteiger partial charge in [-0.15, -0.1) is 0 Å². The molecule has 4 heteroatoms. The molecule has 0 heterocycles. The highest BCUT2D eigenvalue weighted by atomic mass is 16.2. The molecule has 0 atom stereocenters. The maximum absolute atomic E-state index is 11.6. The Labute approximate surface area is 86.8 Å². The minimum Gasteiger partial charge on any atom is -0.336 e. The fraction of sp³-hybridized carbons (Fsp3) is 0.900. The third-order valence-electron chi connectivity index (χ3n) is 1.83. The minimum absolute atomic E-state index is 0.0234. The molecule has 0 aromatic heterocycles. The molecule has 0 aromatic rings. The van der Waals surface area contributed by atoms with Crippen LogP contribution in [0.2, 0.25) is 0 Å². The van der Waals surface area contributed by atoms with Crippen molar-refractivity contribution in [1.29, 1.82) is 0 Å². The van der Waals surface area contributed by atoms with Gasteiger partial charge in [0, 0.05) is 19.1 Å². The van der Waals surface area contributed by atoms with Gasteiger partial charge in [0.2, 0.25) is 0 Å². The third-order valence-corrected chi connectivity index (χ3v) is 1.83. The van der Waals surface area contributed by atoms with E-state index in [9.17, 15) is 4.79 Å². The molecule has 3 N–H and O–H groups in total. The second kappa shape index (κ2) is 7.62. The molecule has 0 aliphatic rings. The molecule has 0 saturated carbocycles. The summed E-state index contributed by atoms with van der Waals surface area (Å²) in [5.74, 6) is 0. The van der Waals surface area contributed by atoms with E-state index in [0.717, 1.165) is 25.9 Å². The Hall–Kier alpha value is -0.770. The molecule has 4 nitrogen and oxygen atoms in total. The molecule has 0 radical (unpaired) electrons. The van der Waals surface area contributed by atoms with Crippen molar-refractivity contribution in [2.45, 2.75) is 39.7 Å². The zero-order chi connectivity index (χ0) is 11.0. The highest BCUT2D eigenvalue weighted by Crippen LogP contribution is 1.95. The largest absolute Gasteiger partial charge is 0.336 e. The normalized spacial score (nSPS) is 10.4. The zero-order valence-electron chi connectivity index (χ0n) is 9.55. The molecule has 0 aliphatic heterocycles. The number of rotatable bonds is 6. The Morgan fingerprint density at radius 1 is 1.43 bits per heavy atom. The lowest BCUT2D eigenvalue weighted by Crippen LogP contribution is -2.44. The Kier molecular flexibility index (Phi) is 7.20. The fourth-order valence-corrected chi connectivity index (χ4v) is 1.21. The lowest BCUT2D eigenvalue weighted by Gasteiger charge is -2.23. The van der Waals surface area contributed by atoms with Crippen LogP contribution in [0, 0.1) is 0 Å².